The molecule has 0 aliphatic heterocycles. The van der Waals surface area contributed by atoms with Gasteiger partial charge in [0.15, 0.2) is 0 Å². The van der Waals surface area contributed by atoms with Gasteiger partial charge in [0.05, 0.1) is 10.7 Å². The Morgan fingerprint density at radius 1 is 1.62 bits per heavy atom. The van der Waals surface area contributed by atoms with Crippen molar-refractivity contribution in [2.45, 2.75) is 33.6 Å². The predicted octanol–water partition coefficient (Wildman–Crippen LogP) is 3.81. The van der Waals surface area contributed by atoms with Crippen LogP contribution in [0.15, 0.2) is 5.38 Å². The second kappa shape index (κ2) is 4.56. The highest BCUT2D eigenvalue weighted by Crippen LogP contribution is 2.28. The van der Waals surface area contributed by atoms with E-state index in [0.717, 1.165) is 11.8 Å². The third-order valence-electron chi connectivity index (χ3n) is 2.45. The summed E-state index contributed by atoms with van der Waals surface area (Å²) >= 11 is 5.31. The molecule has 1 unspecified atom stereocenters. The van der Waals surface area contributed by atoms with Crippen LogP contribution in [0.25, 0.3) is 0 Å². The number of rotatable bonds is 4. The van der Waals surface area contributed by atoms with Crippen molar-refractivity contribution in [3.63, 3.8) is 0 Å². The lowest BCUT2D eigenvalue weighted by Crippen LogP contribution is -2.20. The molecule has 1 rings (SSSR count). The summed E-state index contributed by atoms with van der Waals surface area (Å²) in [5.41, 5.74) is 1.60. The maximum atomic E-state index is 4.49. The fourth-order valence-electron chi connectivity index (χ4n) is 1.19. The molecule has 0 aliphatic rings. The molecule has 74 valence electrons. The lowest BCUT2D eigenvalue weighted by molar-refractivity contribution is 0.358. The van der Waals surface area contributed by atoms with Gasteiger partial charge >= 0.3 is 0 Å². The molecule has 1 atom stereocenters. The topological polar surface area (TPSA) is 12.9 Å². The summed E-state index contributed by atoms with van der Waals surface area (Å²) in [6.07, 6.45) is 2.27. The SMILES string of the molecule is CCC(C)(CBr)Cc1csc(C)n1. The molecular weight excluding hydrogens is 246 g/mol. The van der Waals surface area contributed by atoms with Crippen molar-refractivity contribution in [3.05, 3.63) is 16.1 Å². The molecule has 0 saturated carbocycles. The van der Waals surface area contributed by atoms with Crippen molar-refractivity contribution < 1.29 is 0 Å². The van der Waals surface area contributed by atoms with Gasteiger partial charge in [-0.15, -0.1) is 11.3 Å². The van der Waals surface area contributed by atoms with Gasteiger partial charge in [0.25, 0.3) is 0 Å². The highest BCUT2D eigenvalue weighted by Gasteiger charge is 2.22. The van der Waals surface area contributed by atoms with E-state index in [1.807, 2.05) is 0 Å². The van der Waals surface area contributed by atoms with Crippen LogP contribution in [0.2, 0.25) is 0 Å². The Morgan fingerprint density at radius 2 is 2.31 bits per heavy atom. The molecule has 0 aromatic carbocycles. The molecule has 0 bridgehead atoms. The lowest BCUT2D eigenvalue weighted by Gasteiger charge is -2.24. The zero-order valence-electron chi connectivity index (χ0n) is 8.43. The number of nitrogens with zero attached hydrogens (tertiary/aromatic N) is 1. The first kappa shape index (κ1) is 11.2. The van der Waals surface area contributed by atoms with Crippen LogP contribution in [0.5, 0.6) is 0 Å². The molecule has 0 amide bonds. The van der Waals surface area contributed by atoms with E-state index >= 15 is 0 Å². The molecule has 1 nitrogen and oxygen atoms in total. The third kappa shape index (κ3) is 3.06. The second-order valence-corrected chi connectivity index (χ2v) is 5.46. The van der Waals surface area contributed by atoms with Crippen LogP contribution < -0.4 is 0 Å². The summed E-state index contributed by atoms with van der Waals surface area (Å²) in [5.74, 6) is 0. The Hall–Kier alpha value is 0.110. The molecular formula is C10H16BrNS. The van der Waals surface area contributed by atoms with E-state index in [2.05, 4.69) is 47.1 Å². The van der Waals surface area contributed by atoms with E-state index in [9.17, 15) is 0 Å². The van der Waals surface area contributed by atoms with E-state index in [-0.39, 0.29) is 0 Å². The van der Waals surface area contributed by atoms with Gasteiger partial charge in [-0.2, -0.15) is 0 Å². The highest BCUT2D eigenvalue weighted by atomic mass is 79.9. The van der Waals surface area contributed by atoms with E-state index < -0.39 is 0 Å². The molecule has 3 heteroatoms. The fraction of sp³-hybridized carbons (Fsp3) is 0.700. The van der Waals surface area contributed by atoms with Crippen molar-refractivity contribution in [1.82, 2.24) is 4.98 Å². The quantitative estimate of drug-likeness (QED) is 0.752. The summed E-state index contributed by atoms with van der Waals surface area (Å²) in [6, 6.07) is 0. The Morgan fingerprint density at radius 3 is 2.69 bits per heavy atom. The van der Waals surface area contributed by atoms with E-state index in [0.29, 0.717) is 5.41 Å². The zero-order valence-corrected chi connectivity index (χ0v) is 10.8. The van der Waals surface area contributed by atoms with Gasteiger partial charge in [0, 0.05) is 10.7 Å². The van der Waals surface area contributed by atoms with Crippen molar-refractivity contribution in [3.8, 4) is 0 Å². The molecule has 0 fully saturated rings. The van der Waals surface area contributed by atoms with Crippen molar-refractivity contribution in [1.29, 1.82) is 0 Å². The Bertz CT molecular complexity index is 266. The molecule has 0 spiro atoms. The average Bonchev–Trinajstić information content (AvgIpc) is 2.51. The summed E-state index contributed by atoms with van der Waals surface area (Å²) in [6.45, 7) is 6.60. The maximum absolute atomic E-state index is 4.49. The Labute approximate surface area is 92.7 Å². The minimum atomic E-state index is 0.362. The lowest BCUT2D eigenvalue weighted by atomic mass is 9.85. The van der Waals surface area contributed by atoms with Crippen LogP contribution in [0.1, 0.15) is 31.0 Å². The Balaban J connectivity index is 2.67. The second-order valence-electron chi connectivity index (χ2n) is 3.83. The molecule has 0 N–H and O–H groups in total. The van der Waals surface area contributed by atoms with Crippen LogP contribution in [-0.2, 0) is 6.42 Å². The van der Waals surface area contributed by atoms with Gasteiger partial charge in [0.1, 0.15) is 0 Å². The standard InChI is InChI=1S/C10H16BrNS/c1-4-10(3,7-11)5-9-6-13-8(2)12-9/h6H,4-5,7H2,1-3H3. The summed E-state index contributed by atoms with van der Waals surface area (Å²) in [7, 11) is 0. The normalized spacial score (nSPS) is 15.7. The summed E-state index contributed by atoms with van der Waals surface area (Å²) in [4.78, 5) is 4.49. The van der Waals surface area contributed by atoms with Crippen LogP contribution in [0.3, 0.4) is 0 Å². The van der Waals surface area contributed by atoms with Gasteiger partial charge in [0.2, 0.25) is 0 Å². The molecule has 0 saturated heterocycles. The first-order valence-electron chi connectivity index (χ1n) is 4.56. The van der Waals surface area contributed by atoms with E-state index in [1.165, 1.54) is 17.1 Å². The minimum Gasteiger partial charge on any atom is -0.247 e. The van der Waals surface area contributed by atoms with Gasteiger partial charge < -0.3 is 0 Å². The number of halogens is 1. The number of aromatic nitrogens is 1. The number of aryl methyl sites for hydroxylation is 1. The average molecular weight is 262 g/mol. The summed E-state index contributed by atoms with van der Waals surface area (Å²) in [5, 5.41) is 4.39. The van der Waals surface area contributed by atoms with Crippen molar-refractivity contribution in [2.75, 3.05) is 5.33 Å². The van der Waals surface area contributed by atoms with E-state index in [1.54, 1.807) is 11.3 Å². The molecule has 0 radical (unpaired) electrons. The molecule has 1 aromatic heterocycles. The molecule has 0 aliphatic carbocycles. The smallest absolute Gasteiger partial charge is 0.0897 e. The summed E-state index contributed by atoms with van der Waals surface area (Å²) < 4.78 is 0. The van der Waals surface area contributed by atoms with Gasteiger partial charge in [-0.25, -0.2) is 4.98 Å². The zero-order chi connectivity index (χ0) is 9.90. The van der Waals surface area contributed by atoms with Gasteiger partial charge in [-0.3, -0.25) is 0 Å². The number of hydrogen-bond donors (Lipinski definition) is 0. The van der Waals surface area contributed by atoms with Crippen molar-refractivity contribution in [2.24, 2.45) is 5.41 Å². The Kier molecular flexibility index (Phi) is 3.92. The van der Waals surface area contributed by atoms with E-state index in [4.69, 9.17) is 0 Å². The number of thiazole rings is 1. The third-order valence-corrected chi connectivity index (χ3v) is 4.63. The molecule has 1 aromatic rings. The molecule has 13 heavy (non-hydrogen) atoms. The minimum absolute atomic E-state index is 0.362. The predicted molar refractivity (Wildman–Crippen MR) is 62.7 cm³/mol. The highest BCUT2D eigenvalue weighted by molar-refractivity contribution is 9.09. The van der Waals surface area contributed by atoms with Crippen LogP contribution >= 0.6 is 27.3 Å². The fourth-order valence-corrected chi connectivity index (χ4v) is 2.40. The van der Waals surface area contributed by atoms with Crippen LogP contribution in [0.4, 0.5) is 0 Å². The number of alkyl halides is 1. The van der Waals surface area contributed by atoms with Gasteiger partial charge in [-0.1, -0.05) is 29.8 Å². The monoisotopic (exact) mass is 261 g/mol. The maximum Gasteiger partial charge on any atom is 0.0897 e. The largest absolute Gasteiger partial charge is 0.247 e. The molecule has 1 heterocycles. The van der Waals surface area contributed by atoms with Gasteiger partial charge in [-0.05, 0) is 25.2 Å². The first-order chi connectivity index (χ1) is 6.09. The van der Waals surface area contributed by atoms with Crippen LogP contribution in [-0.4, -0.2) is 10.3 Å². The van der Waals surface area contributed by atoms with Crippen LogP contribution in [0, 0.1) is 12.3 Å². The first-order valence-corrected chi connectivity index (χ1v) is 6.57. The van der Waals surface area contributed by atoms with Crippen molar-refractivity contribution >= 4 is 27.3 Å². The number of hydrogen-bond acceptors (Lipinski definition) is 2.